The van der Waals surface area contributed by atoms with Gasteiger partial charge in [0.05, 0.1) is 18.6 Å². The van der Waals surface area contributed by atoms with Crippen LogP contribution in [-0.2, 0) is 60.8 Å². The number of carbonyl (C=O) groups excluding carboxylic acids is 9. The topological polar surface area (TPSA) is 397 Å². The van der Waals surface area contributed by atoms with Crippen LogP contribution in [0.2, 0.25) is 0 Å². The van der Waals surface area contributed by atoms with E-state index >= 15 is 0 Å². The number of aliphatic hydroxyl groups excluding tert-OH is 1. The van der Waals surface area contributed by atoms with Gasteiger partial charge in [0.15, 0.2) is 0 Å². The first-order valence-corrected chi connectivity index (χ1v) is 26.0. The van der Waals surface area contributed by atoms with Crippen molar-refractivity contribution in [3.05, 3.63) is 65.7 Å². The van der Waals surface area contributed by atoms with E-state index in [0.717, 1.165) is 0 Å². The Kier molecular flexibility index (Phi) is 26.1. The molecule has 1 fully saturated rings. The number of likely N-dealkylation sites (tertiary alicyclic amines) is 1. The Morgan fingerprint density at radius 2 is 1.21 bits per heavy atom. The molecule has 1 aliphatic rings. The zero-order chi connectivity index (χ0) is 56.8. The summed E-state index contributed by atoms with van der Waals surface area (Å²) in [6, 6.07) is 2.44. The number of hydrogen-bond donors (Lipinski definition) is 14. The minimum Gasteiger partial charge on any atom is -0.508 e. The number of carbonyl (C=O) groups is 10. The molecule has 0 spiro atoms. The number of primary amides is 1. The van der Waals surface area contributed by atoms with E-state index < -0.39 is 132 Å². The van der Waals surface area contributed by atoms with Gasteiger partial charge in [-0.1, -0.05) is 70.2 Å². The fourth-order valence-corrected chi connectivity index (χ4v) is 8.64. The van der Waals surface area contributed by atoms with Crippen LogP contribution in [0.15, 0.2) is 54.6 Å². The highest BCUT2D eigenvalue weighted by Gasteiger charge is 2.41. The van der Waals surface area contributed by atoms with Gasteiger partial charge in [-0.05, 0) is 87.1 Å². The van der Waals surface area contributed by atoms with Crippen LogP contribution < -0.4 is 54.4 Å². The lowest BCUT2D eigenvalue weighted by Crippen LogP contribution is -2.62. The molecule has 76 heavy (non-hydrogen) atoms. The summed E-state index contributed by atoms with van der Waals surface area (Å²) in [4.78, 5) is 135. The minimum atomic E-state index is -1.63. The van der Waals surface area contributed by atoms with Gasteiger partial charge < -0.3 is 74.6 Å². The maximum atomic E-state index is 14.4. The van der Waals surface area contributed by atoms with Crippen molar-refractivity contribution in [3.8, 4) is 5.75 Å². The smallest absolute Gasteiger partial charge is 0.326 e. The van der Waals surface area contributed by atoms with E-state index in [2.05, 4.69) is 49.8 Å². The fourth-order valence-electron chi connectivity index (χ4n) is 8.38. The number of aliphatic carboxylic acids is 1. The largest absolute Gasteiger partial charge is 0.508 e. The Morgan fingerprint density at radius 3 is 1.78 bits per heavy atom. The molecule has 0 saturated carbocycles. The molecule has 9 amide bonds. The maximum absolute atomic E-state index is 14.4. The number of nitrogens with two attached hydrogens (primary N) is 3. The molecular weight excluding hydrogens is 1010 g/mol. The number of nitrogens with one attached hydrogen (secondary N) is 7. The lowest BCUT2D eigenvalue weighted by atomic mass is 10.00. The first kappa shape index (κ1) is 63.5. The van der Waals surface area contributed by atoms with Gasteiger partial charge in [0.25, 0.3) is 0 Å². The number of phenols is 1. The molecule has 3 rings (SSSR count). The van der Waals surface area contributed by atoms with Crippen LogP contribution in [0.25, 0.3) is 0 Å². The van der Waals surface area contributed by atoms with Crippen molar-refractivity contribution in [2.75, 3.05) is 18.8 Å². The Balaban J connectivity index is 1.80. The van der Waals surface area contributed by atoms with E-state index in [-0.39, 0.29) is 62.6 Å². The summed E-state index contributed by atoms with van der Waals surface area (Å²) in [6.45, 7) is 8.39. The van der Waals surface area contributed by atoms with Crippen molar-refractivity contribution in [1.29, 1.82) is 0 Å². The molecule has 0 aliphatic carbocycles. The van der Waals surface area contributed by atoms with Crippen LogP contribution in [0.3, 0.4) is 0 Å². The molecule has 0 radical (unpaired) electrons. The van der Waals surface area contributed by atoms with E-state index in [1.54, 1.807) is 58.0 Å². The number of nitrogens with zero attached hydrogens (tertiary/aromatic N) is 1. The number of benzene rings is 2. The van der Waals surface area contributed by atoms with Crippen LogP contribution >= 0.6 is 12.6 Å². The van der Waals surface area contributed by atoms with Crippen LogP contribution in [0.5, 0.6) is 5.75 Å². The molecule has 420 valence electrons. The third kappa shape index (κ3) is 20.4. The predicted molar refractivity (Wildman–Crippen MR) is 282 cm³/mol. The number of unbranched alkanes of at least 4 members (excludes halogenated alkanes) is 1. The second-order valence-electron chi connectivity index (χ2n) is 19.7. The van der Waals surface area contributed by atoms with Gasteiger partial charge >= 0.3 is 5.97 Å². The molecule has 2 aromatic rings. The predicted octanol–water partition coefficient (Wildman–Crippen LogP) is -2.01. The molecule has 1 saturated heterocycles. The standard InChI is InChI=1S/C51H77N11O13S/c1-27(2)22-36(57-49(72)42(29(5)63)61-48(71)41(28(3)4)60-43(66)33(53)25-40(54)65)50(73)62-21-11-15-39(62)47(70)59-38(26-76)46(69)55-34(14-9-10-20-52)44(67)56-35(23-30-12-7-6-8-13-30)45(68)58-37(51(74)75)24-31-16-18-32(64)19-17-31/h6-8,12-13,16-19,27-29,33-39,41-42,63-64,76H,9-11,14-15,20-26,52-53H2,1-5H3,(H2,54,65)(H,55,69)(H,56,67)(H,57,72)(H,58,68)(H,59,70)(H,60,66)(H,61,71)(H,74,75)/t29-,33+,34+,35+,36+,37+,38+,39+,41+,42+/m1/s1. The maximum Gasteiger partial charge on any atom is 0.326 e. The molecule has 2 aromatic carbocycles. The third-order valence-corrected chi connectivity index (χ3v) is 12.9. The molecule has 1 aliphatic heterocycles. The summed E-state index contributed by atoms with van der Waals surface area (Å²) in [7, 11) is 0. The van der Waals surface area contributed by atoms with Crippen molar-refractivity contribution in [2.45, 2.75) is 153 Å². The molecular formula is C51H77N11O13S. The molecule has 10 atom stereocenters. The van der Waals surface area contributed by atoms with Crippen molar-refractivity contribution in [2.24, 2.45) is 29.0 Å². The van der Waals surface area contributed by atoms with Crippen molar-refractivity contribution in [3.63, 3.8) is 0 Å². The molecule has 0 aromatic heterocycles. The first-order valence-electron chi connectivity index (χ1n) is 25.4. The number of hydrogen-bond acceptors (Lipinski definition) is 15. The number of carboxylic acids is 1. The van der Waals surface area contributed by atoms with Crippen LogP contribution in [0.1, 0.15) is 90.7 Å². The molecule has 24 nitrogen and oxygen atoms in total. The average Bonchev–Trinajstić information content (AvgIpc) is 3.86. The van der Waals surface area contributed by atoms with E-state index in [1.807, 2.05) is 0 Å². The molecule has 16 N–H and O–H groups in total. The van der Waals surface area contributed by atoms with Crippen LogP contribution in [0.4, 0.5) is 0 Å². The van der Waals surface area contributed by atoms with Gasteiger partial charge in [-0.2, -0.15) is 12.6 Å². The van der Waals surface area contributed by atoms with E-state index in [1.165, 1.54) is 36.1 Å². The Morgan fingerprint density at radius 1 is 0.671 bits per heavy atom. The summed E-state index contributed by atoms with van der Waals surface area (Å²) in [6.07, 6.45) is -0.708. The van der Waals surface area contributed by atoms with Crippen molar-refractivity contribution in [1.82, 2.24) is 42.1 Å². The second kappa shape index (κ2) is 31.3. The van der Waals surface area contributed by atoms with Crippen LogP contribution in [-0.4, -0.2) is 159 Å². The summed E-state index contributed by atoms with van der Waals surface area (Å²) in [5.41, 5.74) is 17.8. The highest BCUT2D eigenvalue weighted by Crippen LogP contribution is 2.22. The number of amides is 9. The number of aliphatic hydroxyl groups is 1. The molecule has 0 bridgehead atoms. The minimum absolute atomic E-state index is 0.0307. The molecule has 25 heteroatoms. The highest BCUT2D eigenvalue weighted by molar-refractivity contribution is 7.80. The zero-order valence-electron chi connectivity index (χ0n) is 43.7. The highest BCUT2D eigenvalue weighted by atomic mass is 32.1. The third-order valence-electron chi connectivity index (χ3n) is 12.5. The number of aromatic hydroxyl groups is 1. The van der Waals surface area contributed by atoms with Gasteiger partial charge in [0, 0.05) is 25.1 Å². The number of rotatable bonds is 31. The SMILES string of the molecule is CC(C)C[C@H](NC(=O)[C@@H](NC(=O)[C@@H](NC(=O)[C@@H](N)CC(N)=O)C(C)C)[C@@H](C)O)C(=O)N1CCC[C@H]1C(=O)N[C@@H](CS)C(=O)N[C@@H](CCCCN)C(=O)N[C@@H](Cc1ccccc1)C(=O)N[C@@H](Cc1ccc(O)cc1)C(=O)O. The number of phenolic OH excluding ortho intramolecular Hbond substituents is 1. The Hall–Kier alpha value is -6.83. The number of carboxylic acid groups (broad SMARTS) is 1. The summed E-state index contributed by atoms with van der Waals surface area (Å²) < 4.78 is 0. The Labute approximate surface area is 447 Å². The lowest BCUT2D eigenvalue weighted by molar-refractivity contribution is -0.143. The summed E-state index contributed by atoms with van der Waals surface area (Å²) in [5, 5.41) is 48.4. The molecule has 1 heterocycles. The van der Waals surface area contributed by atoms with Gasteiger partial charge in [-0.25, -0.2) is 4.79 Å². The van der Waals surface area contributed by atoms with Crippen LogP contribution in [0, 0.1) is 11.8 Å². The van der Waals surface area contributed by atoms with Gasteiger partial charge in [0.1, 0.15) is 54.1 Å². The average molecular weight is 1080 g/mol. The second-order valence-corrected chi connectivity index (χ2v) is 20.1. The van der Waals surface area contributed by atoms with E-state index in [9.17, 15) is 63.3 Å². The zero-order valence-corrected chi connectivity index (χ0v) is 44.6. The fraction of sp³-hybridized carbons (Fsp3) is 0.569. The summed E-state index contributed by atoms with van der Waals surface area (Å²) >= 11 is 4.32. The summed E-state index contributed by atoms with van der Waals surface area (Å²) in [5.74, 6) is -9.69. The first-order chi connectivity index (χ1) is 35.9. The van der Waals surface area contributed by atoms with E-state index in [4.69, 9.17) is 17.2 Å². The Bertz CT molecular complexity index is 2310. The van der Waals surface area contributed by atoms with E-state index in [0.29, 0.717) is 30.4 Å². The number of thiol groups is 1. The van der Waals surface area contributed by atoms with Crippen molar-refractivity contribution >= 4 is 71.8 Å². The lowest BCUT2D eigenvalue weighted by Gasteiger charge is -2.32. The monoisotopic (exact) mass is 1080 g/mol. The van der Waals surface area contributed by atoms with Gasteiger partial charge in [-0.15, -0.1) is 0 Å². The van der Waals surface area contributed by atoms with Crippen molar-refractivity contribution < 1.29 is 63.3 Å². The normalized spacial score (nSPS) is 16.8. The van der Waals surface area contributed by atoms with Gasteiger partial charge in [0.2, 0.25) is 53.2 Å². The molecule has 0 unspecified atom stereocenters. The quantitative estimate of drug-likeness (QED) is 0.0287. The van der Waals surface area contributed by atoms with Gasteiger partial charge in [-0.3, -0.25) is 43.2 Å².